The van der Waals surface area contributed by atoms with E-state index in [-0.39, 0.29) is 30.3 Å². The Morgan fingerprint density at radius 2 is 1.82 bits per heavy atom. The summed E-state index contributed by atoms with van der Waals surface area (Å²) in [4.78, 5) is 11.5. The molecule has 0 heterocycles. The van der Waals surface area contributed by atoms with Gasteiger partial charge in [0.05, 0.1) is 6.61 Å². The largest absolute Gasteiger partial charge is 0.380 e. The zero-order chi connectivity index (χ0) is 12.6. The van der Waals surface area contributed by atoms with E-state index >= 15 is 0 Å². The van der Waals surface area contributed by atoms with Crippen molar-refractivity contribution in [3.63, 3.8) is 0 Å². The van der Waals surface area contributed by atoms with Gasteiger partial charge in [-0.2, -0.15) is 0 Å². The highest BCUT2D eigenvalue weighted by molar-refractivity contribution is 5.85. The normalized spacial score (nSPS) is 14.0. The lowest BCUT2D eigenvalue weighted by Gasteiger charge is -2.15. The molecule has 2 unspecified atom stereocenters. The molecule has 0 aromatic carbocycles. The minimum Gasteiger partial charge on any atom is -0.380 e. The number of carbonyl (C=O) groups excluding carboxylic acids is 1. The fourth-order valence-electron chi connectivity index (χ4n) is 1.07. The van der Waals surface area contributed by atoms with Gasteiger partial charge in [-0.15, -0.1) is 12.4 Å². The van der Waals surface area contributed by atoms with Gasteiger partial charge in [0.15, 0.2) is 0 Å². The van der Waals surface area contributed by atoms with Crippen LogP contribution in [0.5, 0.6) is 0 Å². The first kappa shape index (κ1) is 19.0. The number of carbonyl (C=O) groups is 1. The molecule has 104 valence electrons. The van der Waals surface area contributed by atoms with Gasteiger partial charge in [-0.3, -0.25) is 4.79 Å². The molecule has 0 fully saturated rings. The number of halogens is 1. The lowest BCUT2D eigenvalue weighted by molar-refractivity contribution is -0.125. The topological polar surface area (TPSA) is 64.3 Å². The van der Waals surface area contributed by atoms with Gasteiger partial charge in [0.2, 0.25) is 5.91 Å². The molecule has 0 aromatic heterocycles. The van der Waals surface area contributed by atoms with E-state index in [9.17, 15) is 4.79 Å². The lowest BCUT2D eigenvalue weighted by Crippen LogP contribution is -2.39. The van der Waals surface area contributed by atoms with Crippen molar-refractivity contribution >= 4 is 18.3 Å². The molecule has 0 bridgehead atoms. The van der Waals surface area contributed by atoms with Gasteiger partial charge in [0.1, 0.15) is 0 Å². The van der Waals surface area contributed by atoms with Crippen LogP contribution in [0.25, 0.3) is 0 Å². The molecule has 0 radical (unpaired) electrons. The molecule has 4 nitrogen and oxygen atoms in total. The Balaban J connectivity index is 0. The maximum atomic E-state index is 11.5. The Labute approximate surface area is 111 Å². The van der Waals surface area contributed by atoms with Gasteiger partial charge in [0, 0.05) is 25.1 Å². The SMILES string of the molecule is CC(C)CCOCCNC(=O)C(C)C(C)N.Cl. The Bertz CT molecular complexity index is 199. The van der Waals surface area contributed by atoms with E-state index < -0.39 is 0 Å². The zero-order valence-electron chi connectivity index (χ0n) is 11.4. The molecule has 0 spiro atoms. The van der Waals surface area contributed by atoms with Gasteiger partial charge < -0.3 is 15.8 Å². The van der Waals surface area contributed by atoms with Crippen molar-refractivity contribution in [2.24, 2.45) is 17.6 Å². The Morgan fingerprint density at radius 3 is 2.29 bits per heavy atom. The standard InChI is InChI=1S/C12H26N2O2.ClH/c1-9(2)5-7-16-8-6-14-12(15)10(3)11(4)13;/h9-11H,5-8,13H2,1-4H3,(H,14,15);1H. The van der Waals surface area contributed by atoms with Gasteiger partial charge in [-0.05, 0) is 19.3 Å². The molecule has 0 aliphatic rings. The van der Waals surface area contributed by atoms with Crippen LogP contribution in [0.2, 0.25) is 0 Å². The van der Waals surface area contributed by atoms with E-state index in [0.717, 1.165) is 13.0 Å². The molecule has 17 heavy (non-hydrogen) atoms. The van der Waals surface area contributed by atoms with Crippen molar-refractivity contribution in [3.8, 4) is 0 Å². The molecular weight excluding hydrogens is 240 g/mol. The van der Waals surface area contributed by atoms with E-state index in [4.69, 9.17) is 10.5 Å². The minimum atomic E-state index is -0.143. The molecule has 0 saturated heterocycles. The second-order valence-corrected chi connectivity index (χ2v) is 4.73. The maximum Gasteiger partial charge on any atom is 0.224 e. The summed E-state index contributed by atoms with van der Waals surface area (Å²) >= 11 is 0. The first-order chi connectivity index (χ1) is 7.45. The molecule has 2 atom stereocenters. The molecule has 5 heteroatoms. The number of amides is 1. The quantitative estimate of drug-likeness (QED) is 0.656. The highest BCUT2D eigenvalue weighted by Gasteiger charge is 2.15. The highest BCUT2D eigenvalue weighted by Crippen LogP contribution is 1.99. The summed E-state index contributed by atoms with van der Waals surface area (Å²) in [7, 11) is 0. The molecule has 1 amide bonds. The van der Waals surface area contributed by atoms with Crippen molar-refractivity contribution in [2.45, 2.75) is 40.2 Å². The van der Waals surface area contributed by atoms with Crippen molar-refractivity contribution < 1.29 is 9.53 Å². The third-order valence-corrected chi connectivity index (χ3v) is 2.59. The summed E-state index contributed by atoms with van der Waals surface area (Å²) in [5.41, 5.74) is 5.63. The summed E-state index contributed by atoms with van der Waals surface area (Å²) in [6.07, 6.45) is 1.06. The third-order valence-electron chi connectivity index (χ3n) is 2.59. The van der Waals surface area contributed by atoms with E-state index in [1.807, 2.05) is 13.8 Å². The van der Waals surface area contributed by atoms with Gasteiger partial charge in [0.25, 0.3) is 0 Å². The summed E-state index contributed by atoms with van der Waals surface area (Å²) < 4.78 is 5.39. The predicted octanol–water partition coefficient (Wildman–Crippen LogP) is 1.57. The molecule has 0 aliphatic heterocycles. The lowest BCUT2D eigenvalue weighted by atomic mass is 10.0. The summed E-state index contributed by atoms with van der Waals surface area (Å²) in [5.74, 6) is 0.519. The van der Waals surface area contributed by atoms with Crippen LogP contribution in [-0.4, -0.2) is 31.7 Å². The van der Waals surface area contributed by atoms with Crippen molar-refractivity contribution in [3.05, 3.63) is 0 Å². The monoisotopic (exact) mass is 266 g/mol. The predicted molar refractivity (Wildman–Crippen MR) is 73.3 cm³/mol. The van der Waals surface area contributed by atoms with Crippen LogP contribution in [0.15, 0.2) is 0 Å². The number of nitrogens with two attached hydrogens (primary N) is 1. The van der Waals surface area contributed by atoms with E-state index in [1.165, 1.54) is 0 Å². The van der Waals surface area contributed by atoms with Crippen LogP contribution in [-0.2, 0) is 9.53 Å². The van der Waals surface area contributed by atoms with Gasteiger partial charge in [-0.25, -0.2) is 0 Å². The van der Waals surface area contributed by atoms with Crippen LogP contribution in [0, 0.1) is 11.8 Å². The van der Waals surface area contributed by atoms with E-state index in [2.05, 4.69) is 19.2 Å². The first-order valence-electron chi connectivity index (χ1n) is 6.06. The molecule has 0 aliphatic carbocycles. The van der Waals surface area contributed by atoms with Crippen LogP contribution >= 0.6 is 12.4 Å². The summed E-state index contributed by atoms with van der Waals surface area (Å²) in [6, 6.07) is -0.109. The summed E-state index contributed by atoms with van der Waals surface area (Å²) in [6.45, 7) is 9.89. The van der Waals surface area contributed by atoms with Gasteiger partial charge >= 0.3 is 0 Å². The third kappa shape index (κ3) is 10.5. The second-order valence-electron chi connectivity index (χ2n) is 4.73. The molecule has 0 rings (SSSR count). The highest BCUT2D eigenvalue weighted by atomic mass is 35.5. The van der Waals surface area contributed by atoms with Crippen LogP contribution in [0.4, 0.5) is 0 Å². The fourth-order valence-corrected chi connectivity index (χ4v) is 1.07. The number of rotatable bonds is 8. The van der Waals surface area contributed by atoms with Crippen LogP contribution < -0.4 is 11.1 Å². The van der Waals surface area contributed by atoms with Crippen molar-refractivity contribution in [1.29, 1.82) is 0 Å². The number of hydrogen-bond acceptors (Lipinski definition) is 3. The zero-order valence-corrected chi connectivity index (χ0v) is 12.2. The molecular formula is C12H27ClN2O2. The Kier molecular flexibility index (Phi) is 12.1. The Hall–Kier alpha value is -0.320. The summed E-state index contributed by atoms with van der Waals surface area (Å²) in [5, 5.41) is 2.81. The maximum absolute atomic E-state index is 11.5. The molecule has 0 saturated carbocycles. The van der Waals surface area contributed by atoms with Gasteiger partial charge in [-0.1, -0.05) is 20.8 Å². The second kappa shape index (κ2) is 10.8. The average molecular weight is 267 g/mol. The van der Waals surface area contributed by atoms with Crippen LogP contribution in [0.3, 0.4) is 0 Å². The average Bonchev–Trinajstić information content (AvgIpc) is 2.21. The number of hydrogen-bond donors (Lipinski definition) is 2. The number of ether oxygens (including phenoxy) is 1. The fraction of sp³-hybridized carbons (Fsp3) is 0.917. The molecule has 3 N–H and O–H groups in total. The number of nitrogens with one attached hydrogen (secondary N) is 1. The van der Waals surface area contributed by atoms with E-state index in [0.29, 0.717) is 19.1 Å². The first-order valence-corrected chi connectivity index (χ1v) is 6.06. The van der Waals surface area contributed by atoms with Crippen molar-refractivity contribution in [1.82, 2.24) is 5.32 Å². The van der Waals surface area contributed by atoms with Crippen molar-refractivity contribution in [2.75, 3.05) is 19.8 Å². The molecule has 0 aromatic rings. The minimum absolute atomic E-state index is 0. The smallest absolute Gasteiger partial charge is 0.224 e. The van der Waals surface area contributed by atoms with Crippen LogP contribution in [0.1, 0.15) is 34.1 Å². The Morgan fingerprint density at radius 1 is 1.24 bits per heavy atom. The van der Waals surface area contributed by atoms with E-state index in [1.54, 1.807) is 0 Å².